The summed E-state index contributed by atoms with van der Waals surface area (Å²) in [5.41, 5.74) is -1.41. The molecule has 0 radical (unpaired) electrons. The molecule has 0 amide bonds. The van der Waals surface area contributed by atoms with Gasteiger partial charge in [0.1, 0.15) is 17.2 Å². The van der Waals surface area contributed by atoms with E-state index in [1.165, 1.54) is 0 Å². The Morgan fingerprint density at radius 1 is 1.23 bits per heavy atom. The Labute approximate surface area is 158 Å². The third-order valence-corrected chi connectivity index (χ3v) is 4.92. The Hall–Kier alpha value is -2.39. The average molecular weight is 494 g/mol. The first kappa shape index (κ1) is 18.4. The van der Waals surface area contributed by atoms with Gasteiger partial charge in [0, 0.05) is 15.3 Å². The van der Waals surface area contributed by atoms with Gasteiger partial charge in [-0.05, 0) is 57.3 Å². The molecule has 9 nitrogen and oxygen atoms in total. The summed E-state index contributed by atoms with van der Waals surface area (Å²) in [5, 5.41) is 16.2. The van der Waals surface area contributed by atoms with Crippen LogP contribution in [0, 0.1) is 15.2 Å². The number of aromatic nitrogens is 4. The van der Waals surface area contributed by atoms with Crippen molar-refractivity contribution >= 4 is 44.0 Å². The SMILES string of the molecule is NS(=O)(=O)c1c(F)cc(-n2nn[nH]c2=O)c(Nc2ccc(I)cc2)c1F. The number of hydrogen-bond donors (Lipinski definition) is 3. The summed E-state index contributed by atoms with van der Waals surface area (Å²) in [4.78, 5) is 10.4. The van der Waals surface area contributed by atoms with Gasteiger partial charge < -0.3 is 5.32 Å². The van der Waals surface area contributed by atoms with Crippen LogP contribution in [0.25, 0.3) is 5.69 Å². The van der Waals surface area contributed by atoms with E-state index in [4.69, 9.17) is 5.14 Å². The maximum Gasteiger partial charge on any atom is 0.365 e. The van der Waals surface area contributed by atoms with Gasteiger partial charge in [-0.3, -0.25) is 0 Å². The number of nitrogens with two attached hydrogens (primary N) is 1. The summed E-state index contributed by atoms with van der Waals surface area (Å²) >= 11 is 2.06. The molecule has 1 aromatic heterocycles. The Morgan fingerprint density at radius 3 is 2.42 bits per heavy atom. The molecule has 4 N–H and O–H groups in total. The van der Waals surface area contributed by atoms with Gasteiger partial charge in [-0.15, -0.1) is 0 Å². The molecular weight excluding hydrogens is 485 g/mol. The first-order chi connectivity index (χ1) is 12.2. The van der Waals surface area contributed by atoms with Crippen LogP contribution < -0.4 is 16.1 Å². The normalized spacial score (nSPS) is 11.5. The number of rotatable bonds is 4. The van der Waals surface area contributed by atoms with E-state index >= 15 is 0 Å². The highest BCUT2D eigenvalue weighted by molar-refractivity contribution is 14.1. The maximum absolute atomic E-state index is 14.8. The van der Waals surface area contributed by atoms with Crippen LogP contribution in [0.15, 0.2) is 40.0 Å². The zero-order valence-electron chi connectivity index (χ0n) is 12.6. The third-order valence-electron chi connectivity index (χ3n) is 3.25. The molecule has 13 heteroatoms. The predicted molar refractivity (Wildman–Crippen MR) is 95.7 cm³/mol. The third kappa shape index (κ3) is 3.45. The Morgan fingerprint density at radius 2 is 1.88 bits per heavy atom. The molecule has 0 saturated heterocycles. The van der Waals surface area contributed by atoms with Crippen molar-refractivity contribution in [3.8, 4) is 5.69 Å². The van der Waals surface area contributed by atoms with Gasteiger partial charge in [0.2, 0.25) is 10.0 Å². The summed E-state index contributed by atoms with van der Waals surface area (Å²) in [7, 11) is -4.70. The first-order valence-corrected chi connectivity index (χ1v) is 9.39. The first-order valence-electron chi connectivity index (χ1n) is 6.76. The largest absolute Gasteiger partial charge is 0.365 e. The summed E-state index contributed by atoms with van der Waals surface area (Å²) in [6, 6.07) is 7.19. The van der Waals surface area contributed by atoms with Crippen LogP contribution in [0.4, 0.5) is 20.2 Å². The molecule has 0 bridgehead atoms. The minimum atomic E-state index is -4.70. The van der Waals surface area contributed by atoms with Gasteiger partial charge in [-0.1, -0.05) is 0 Å². The van der Waals surface area contributed by atoms with Gasteiger partial charge in [0.05, 0.1) is 0 Å². The number of aromatic amines is 1. The molecule has 26 heavy (non-hydrogen) atoms. The molecule has 0 unspecified atom stereocenters. The van der Waals surface area contributed by atoms with Crippen LogP contribution in [-0.2, 0) is 10.0 Å². The molecule has 0 aliphatic heterocycles. The van der Waals surface area contributed by atoms with Gasteiger partial charge in [0.25, 0.3) is 0 Å². The number of H-pyrrole nitrogens is 1. The van der Waals surface area contributed by atoms with E-state index in [0.717, 1.165) is 3.57 Å². The molecule has 3 aromatic rings. The van der Waals surface area contributed by atoms with Gasteiger partial charge >= 0.3 is 5.69 Å². The highest BCUT2D eigenvalue weighted by Gasteiger charge is 2.28. The fourth-order valence-corrected chi connectivity index (χ4v) is 3.21. The number of tetrazole rings is 1. The molecule has 0 aliphatic rings. The molecule has 0 aliphatic carbocycles. The summed E-state index contributed by atoms with van der Waals surface area (Å²) in [6.45, 7) is 0. The lowest BCUT2D eigenvalue weighted by Gasteiger charge is -2.15. The second-order valence-corrected chi connectivity index (χ2v) is 7.73. The van der Waals surface area contributed by atoms with E-state index in [9.17, 15) is 22.0 Å². The van der Waals surface area contributed by atoms with Crippen LogP contribution in [0.1, 0.15) is 0 Å². The molecule has 136 valence electrons. The smallest absolute Gasteiger partial charge is 0.351 e. The predicted octanol–water partition coefficient (Wildman–Crippen LogP) is 1.23. The van der Waals surface area contributed by atoms with Crippen molar-refractivity contribution in [3.05, 3.63) is 56.0 Å². The van der Waals surface area contributed by atoms with E-state index in [1.54, 1.807) is 24.3 Å². The molecule has 0 saturated carbocycles. The number of nitrogens with one attached hydrogen (secondary N) is 2. The zero-order valence-corrected chi connectivity index (χ0v) is 15.5. The minimum Gasteiger partial charge on any atom is -0.351 e. The van der Waals surface area contributed by atoms with Crippen LogP contribution in [-0.4, -0.2) is 28.6 Å². The highest BCUT2D eigenvalue weighted by atomic mass is 127. The zero-order chi connectivity index (χ0) is 19.1. The number of benzene rings is 2. The number of anilines is 2. The van der Waals surface area contributed by atoms with Gasteiger partial charge in [-0.25, -0.2) is 32.2 Å². The van der Waals surface area contributed by atoms with Crippen molar-refractivity contribution in [1.29, 1.82) is 0 Å². The quantitative estimate of drug-likeness (QED) is 0.467. The average Bonchev–Trinajstić information content (AvgIpc) is 2.96. The number of primary sulfonamides is 1. The lowest BCUT2D eigenvalue weighted by atomic mass is 10.2. The fourth-order valence-electron chi connectivity index (χ4n) is 2.17. The van der Waals surface area contributed by atoms with Gasteiger partial charge in [-0.2, -0.15) is 4.68 Å². The van der Waals surface area contributed by atoms with E-state index < -0.39 is 37.9 Å². The number of sulfonamides is 1. The van der Waals surface area contributed by atoms with E-state index in [1.807, 2.05) is 5.10 Å². The lowest BCUT2D eigenvalue weighted by Crippen LogP contribution is -2.21. The van der Waals surface area contributed by atoms with Crippen molar-refractivity contribution in [3.63, 3.8) is 0 Å². The lowest BCUT2D eigenvalue weighted by molar-refractivity contribution is 0.520. The maximum atomic E-state index is 14.8. The van der Waals surface area contributed by atoms with Crippen LogP contribution >= 0.6 is 22.6 Å². The summed E-state index contributed by atoms with van der Waals surface area (Å²) in [5.74, 6) is -2.96. The fraction of sp³-hybridized carbons (Fsp3) is 0. The van der Waals surface area contributed by atoms with E-state index in [-0.39, 0.29) is 5.69 Å². The molecule has 0 fully saturated rings. The van der Waals surface area contributed by atoms with E-state index in [2.05, 4.69) is 38.3 Å². The van der Waals surface area contributed by atoms with Crippen LogP contribution in [0.5, 0.6) is 0 Å². The molecule has 0 spiro atoms. The van der Waals surface area contributed by atoms with Crippen molar-refractivity contribution in [2.45, 2.75) is 4.90 Å². The molecule has 3 rings (SSSR count). The van der Waals surface area contributed by atoms with Gasteiger partial charge in [0.15, 0.2) is 10.7 Å². The van der Waals surface area contributed by atoms with Crippen molar-refractivity contribution in [2.75, 3.05) is 5.32 Å². The number of nitrogens with zero attached hydrogens (tertiary/aromatic N) is 3. The van der Waals surface area contributed by atoms with Crippen molar-refractivity contribution in [1.82, 2.24) is 20.2 Å². The molecule has 0 atom stereocenters. The highest BCUT2D eigenvalue weighted by Crippen LogP contribution is 2.32. The molecule has 1 heterocycles. The molecule has 2 aromatic carbocycles. The van der Waals surface area contributed by atoms with Crippen LogP contribution in [0.3, 0.4) is 0 Å². The Bertz CT molecular complexity index is 1140. The minimum absolute atomic E-state index is 0.356. The summed E-state index contributed by atoms with van der Waals surface area (Å²) in [6.07, 6.45) is 0. The summed E-state index contributed by atoms with van der Waals surface area (Å²) < 4.78 is 53.6. The Kier molecular flexibility index (Phi) is 4.76. The second-order valence-electron chi connectivity index (χ2n) is 4.99. The topological polar surface area (TPSA) is 136 Å². The molecular formula is C13H9F2IN6O3S. The monoisotopic (exact) mass is 494 g/mol. The van der Waals surface area contributed by atoms with E-state index in [0.29, 0.717) is 16.4 Å². The number of halogens is 3. The Balaban J connectivity index is 2.29. The second kappa shape index (κ2) is 6.73. The van der Waals surface area contributed by atoms with Crippen LogP contribution in [0.2, 0.25) is 0 Å². The van der Waals surface area contributed by atoms with Crippen molar-refractivity contribution in [2.24, 2.45) is 5.14 Å². The number of hydrogen-bond acceptors (Lipinski definition) is 6. The standard InChI is InChI=1S/C13H9F2IN6O3S/c14-8-5-9(22-13(23)19-20-21-22)11(10(15)12(8)26(17,24)25)18-7-3-1-6(16)2-4-7/h1-5,18H,(H2,17,24,25)(H,19,21,23). The van der Waals surface area contributed by atoms with Crippen molar-refractivity contribution < 1.29 is 17.2 Å².